The van der Waals surface area contributed by atoms with Gasteiger partial charge in [-0.1, -0.05) is 36.4 Å². The van der Waals surface area contributed by atoms with Gasteiger partial charge >= 0.3 is 5.63 Å². The fourth-order valence-corrected chi connectivity index (χ4v) is 2.91. The number of hydrogen-bond donors (Lipinski definition) is 1. The van der Waals surface area contributed by atoms with Crippen molar-refractivity contribution in [2.75, 3.05) is 5.32 Å². The number of rotatable bonds is 3. The van der Waals surface area contributed by atoms with Gasteiger partial charge in [-0.2, -0.15) is 0 Å². The normalized spacial score (nSPS) is 10.8. The van der Waals surface area contributed by atoms with Gasteiger partial charge in [0.05, 0.1) is 4.92 Å². The Hall–Kier alpha value is -4.00. The molecule has 0 unspecified atom stereocenters. The van der Waals surface area contributed by atoms with Crippen LogP contribution in [0.3, 0.4) is 0 Å². The largest absolute Gasteiger partial charge is 0.421 e. The molecule has 7 heteroatoms. The van der Waals surface area contributed by atoms with Crippen molar-refractivity contribution in [3.8, 4) is 0 Å². The molecule has 1 N–H and O–H groups in total. The highest BCUT2D eigenvalue weighted by atomic mass is 16.6. The third-order valence-electron chi connectivity index (χ3n) is 4.21. The van der Waals surface area contributed by atoms with E-state index in [0.29, 0.717) is 11.0 Å². The van der Waals surface area contributed by atoms with Crippen LogP contribution in [0.5, 0.6) is 0 Å². The summed E-state index contributed by atoms with van der Waals surface area (Å²) < 4.78 is 5.32. The molecule has 4 rings (SSSR count). The van der Waals surface area contributed by atoms with Gasteiger partial charge in [-0.25, -0.2) is 4.79 Å². The van der Waals surface area contributed by atoms with Gasteiger partial charge in [0.15, 0.2) is 0 Å². The molecule has 0 aliphatic rings. The average molecular weight is 360 g/mol. The van der Waals surface area contributed by atoms with E-state index < -0.39 is 16.5 Å². The lowest BCUT2D eigenvalue weighted by molar-refractivity contribution is -0.384. The van der Waals surface area contributed by atoms with Crippen molar-refractivity contribution >= 4 is 39.0 Å². The zero-order valence-corrected chi connectivity index (χ0v) is 13.8. The highest BCUT2D eigenvalue weighted by Crippen LogP contribution is 2.26. The Bertz CT molecular complexity index is 1280. The maximum atomic E-state index is 12.4. The second-order valence-electron chi connectivity index (χ2n) is 5.91. The lowest BCUT2D eigenvalue weighted by Crippen LogP contribution is -2.17. The minimum atomic E-state index is -0.698. The number of nitro groups is 1. The number of fused-ring (bicyclic) bond motifs is 3. The van der Waals surface area contributed by atoms with Gasteiger partial charge in [-0.15, -0.1) is 0 Å². The van der Waals surface area contributed by atoms with Crippen molar-refractivity contribution in [3.63, 3.8) is 0 Å². The second kappa shape index (κ2) is 6.38. The van der Waals surface area contributed by atoms with Gasteiger partial charge in [0.25, 0.3) is 11.6 Å². The molecule has 0 aliphatic heterocycles. The van der Waals surface area contributed by atoms with E-state index in [1.54, 1.807) is 12.1 Å². The smallest absolute Gasteiger partial charge is 0.360 e. The molecule has 1 heterocycles. The number of anilines is 1. The first kappa shape index (κ1) is 16.5. The van der Waals surface area contributed by atoms with Gasteiger partial charge in [0.2, 0.25) is 0 Å². The first-order chi connectivity index (χ1) is 13.0. The molecular weight excluding hydrogens is 348 g/mol. The molecule has 0 saturated carbocycles. The predicted octanol–water partition coefficient (Wildman–Crippen LogP) is 4.11. The van der Waals surface area contributed by atoms with Crippen molar-refractivity contribution in [1.29, 1.82) is 0 Å². The quantitative estimate of drug-likeness (QED) is 0.256. The summed E-state index contributed by atoms with van der Waals surface area (Å²) in [5.41, 5.74) is -0.459. The summed E-state index contributed by atoms with van der Waals surface area (Å²) in [5.74, 6) is -0.634. The summed E-state index contributed by atoms with van der Waals surface area (Å²) in [6.07, 6.45) is 0. The Morgan fingerprint density at radius 3 is 2.59 bits per heavy atom. The predicted molar refractivity (Wildman–Crippen MR) is 101 cm³/mol. The van der Waals surface area contributed by atoms with Crippen LogP contribution in [0.1, 0.15) is 10.4 Å². The Labute approximate surface area is 152 Å². The number of benzene rings is 3. The molecule has 3 aromatic carbocycles. The van der Waals surface area contributed by atoms with E-state index in [0.717, 1.165) is 16.8 Å². The number of nitrogens with one attached hydrogen (secondary N) is 1. The molecule has 7 nitrogen and oxygen atoms in total. The summed E-state index contributed by atoms with van der Waals surface area (Å²) in [6.45, 7) is 0. The van der Waals surface area contributed by atoms with E-state index in [2.05, 4.69) is 5.32 Å². The molecule has 0 bridgehead atoms. The van der Waals surface area contributed by atoms with Crippen LogP contribution < -0.4 is 10.9 Å². The Balaban J connectivity index is 1.77. The molecule has 0 spiro atoms. The van der Waals surface area contributed by atoms with Crippen LogP contribution in [0, 0.1) is 10.1 Å². The number of nitrogens with zero attached hydrogens (tertiary/aromatic N) is 1. The van der Waals surface area contributed by atoms with Gasteiger partial charge in [-0.05, 0) is 29.0 Å². The van der Waals surface area contributed by atoms with Crippen LogP contribution in [0.4, 0.5) is 11.4 Å². The van der Waals surface area contributed by atoms with Crippen molar-refractivity contribution in [2.45, 2.75) is 0 Å². The number of amides is 1. The standard InChI is InChI=1S/C20H12N2O5/c23-19(13-5-3-6-14(10-13)22(25)26)21-17-11-16-15-7-2-1-4-12(15)8-9-18(16)27-20(17)24/h1-11H,(H,21,23). The molecule has 4 aromatic rings. The topological polar surface area (TPSA) is 102 Å². The van der Waals surface area contributed by atoms with Gasteiger partial charge in [0, 0.05) is 23.1 Å². The molecule has 0 aliphatic carbocycles. The summed E-state index contributed by atoms with van der Waals surface area (Å²) in [5, 5.41) is 15.9. The number of non-ortho nitro benzene ring substituents is 1. The second-order valence-corrected chi connectivity index (χ2v) is 5.91. The van der Waals surface area contributed by atoms with Crippen LogP contribution in [-0.4, -0.2) is 10.8 Å². The highest BCUT2D eigenvalue weighted by molar-refractivity contribution is 6.09. The number of nitro benzene ring substituents is 1. The van der Waals surface area contributed by atoms with E-state index in [9.17, 15) is 19.7 Å². The first-order valence-corrected chi connectivity index (χ1v) is 8.04. The third kappa shape index (κ3) is 3.02. The maximum Gasteiger partial charge on any atom is 0.360 e. The molecular formula is C20H12N2O5. The zero-order valence-electron chi connectivity index (χ0n) is 13.8. The monoisotopic (exact) mass is 360 g/mol. The molecule has 0 saturated heterocycles. The lowest BCUT2D eigenvalue weighted by Gasteiger charge is -2.07. The van der Waals surface area contributed by atoms with Gasteiger partial charge < -0.3 is 9.73 Å². The number of carbonyl (C=O) groups is 1. The third-order valence-corrected chi connectivity index (χ3v) is 4.21. The zero-order chi connectivity index (χ0) is 19.0. The molecule has 0 atom stereocenters. The van der Waals surface area contributed by atoms with Gasteiger partial charge in [0.1, 0.15) is 11.3 Å². The van der Waals surface area contributed by atoms with E-state index in [1.165, 1.54) is 18.2 Å². The molecule has 0 radical (unpaired) electrons. The van der Waals surface area contributed by atoms with Crippen LogP contribution in [0.25, 0.3) is 21.7 Å². The van der Waals surface area contributed by atoms with Crippen LogP contribution in [-0.2, 0) is 0 Å². The minimum absolute atomic E-state index is 0.0321. The van der Waals surface area contributed by atoms with Crippen molar-refractivity contribution < 1.29 is 14.1 Å². The summed E-state index contributed by atoms with van der Waals surface area (Å²) in [4.78, 5) is 34.9. The Kier molecular flexibility index (Phi) is 3.89. The molecule has 0 fully saturated rings. The maximum absolute atomic E-state index is 12.4. The minimum Gasteiger partial charge on any atom is -0.421 e. The van der Waals surface area contributed by atoms with E-state index in [-0.39, 0.29) is 16.9 Å². The molecule has 132 valence electrons. The average Bonchev–Trinajstić information content (AvgIpc) is 2.68. The fourth-order valence-electron chi connectivity index (χ4n) is 2.91. The Morgan fingerprint density at radius 2 is 1.78 bits per heavy atom. The number of carbonyl (C=O) groups excluding carboxylic acids is 1. The first-order valence-electron chi connectivity index (χ1n) is 8.04. The van der Waals surface area contributed by atoms with Crippen LogP contribution in [0.15, 0.2) is 75.9 Å². The highest BCUT2D eigenvalue weighted by Gasteiger charge is 2.15. The molecule has 27 heavy (non-hydrogen) atoms. The summed E-state index contributed by atoms with van der Waals surface area (Å²) in [6, 6.07) is 18.0. The summed E-state index contributed by atoms with van der Waals surface area (Å²) in [7, 11) is 0. The molecule has 1 amide bonds. The van der Waals surface area contributed by atoms with E-state index in [1.807, 2.05) is 30.3 Å². The Morgan fingerprint density at radius 1 is 0.963 bits per heavy atom. The van der Waals surface area contributed by atoms with Gasteiger partial charge in [-0.3, -0.25) is 14.9 Å². The fraction of sp³-hybridized carbons (Fsp3) is 0. The van der Waals surface area contributed by atoms with Crippen LogP contribution >= 0.6 is 0 Å². The summed E-state index contributed by atoms with van der Waals surface area (Å²) >= 11 is 0. The van der Waals surface area contributed by atoms with Crippen molar-refractivity contribution in [3.05, 3.63) is 92.8 Å². The lowest BCUT2D eigenvalue weighted by atomic mass is 10.1. The SMILES string of the molecule is O=C(Nc1cc2c(ccc3ccccc32)oc1=O)c1cccc([N+](=O)[O-])c1. The van der Waals surface area contributed by atoms with E-state index >= 15 is 0 Å². The van der Waals surface area contributed by atoms with E-state index in [4.69, 9.17) is 4.42 Å². The van der Waals surface area contributed by atoms with Crippen molar-refractivity contribution in [1.82, 2.24) is 0 Å². The van der Waals surface area contributed by atoms with Crippen molar-refractivity contribution in [2.24, 2.45) is 0 Å². The van der Waals surface area contributed by atoms with Crippen LogP contribution in [0.2, 0.25) is 0 Å². The number of hydrogen-bond acceptors (Lipinski definition) is 5. The molecule has 1 aromatic heterocycles.